The van der Waals surface area contributed by atoms with Crippen molar-refractivity contribution in [1.82, 2.24) is 4.98 Å². The zero-order valence-electron chi connectivity index (χ0n) is 9.31. The minimum Gasteiger partial charge on any atom is -0.328 e. The fourth-order valence-electron chi connectivity index (χ4n) is 1.53. The first kappa shape index (κ1) is 14.0. The quantitative estimate of drug-likeness (QED) is 0.762. The van der Waals surface area contributed by atoms with Gasteiger partial charge in [-0.2, -0.15) is 0 Å². The minimum absolute atomic E-state index is 0. The van der Waals surface area contributed by atoms with Gasteiger partial charge in [-0.05, 0) is 11.8 Å². The van der Waals surface area contributed by atoms with Crippen LogP contribution in [0.15, 0.2) is 36.4 Å². The molecule has 4 heteroatoms. The molecule has 1 heterocycles. The molecule has 0 aliphatic rings. The number of pyridine rings is 1. The largest absolute Gasteiger partial charge is 0.328 e. The van der Waals surface area contributed by atoms with E-state index in [1.54, 1.807) is 0 Å². The zero-order chi connectivity index (χ0) is 11.4. The molecule has 2 aromatic rings. The molecule has 17 heavy (non-hydrogen) atoms. The van der Waals surface area contributed by atoms with E-state index in [0.717, 1.165) is 22.5 Å². The summed E-state index contributed by atoms with van der Waals surface area (Å²) in [6.45, 7) is 0.939. The van der Waals surface area contributed by atoms with Gasteiger partial charge in [0.1, 0.15) is 0 Å². The molecule has 0 saturated carbocycles. The van der Waals surface area contributed by atoms with Crippen LogP contribution in [0, 0.1) is 6.07 Å². The van der Waals surface area contributed by atoms with E-state index in [9.17, 15) is 0 Å². The molecule has 0 fully saturated rings. The van der Waals surface area contributed by atoms with E-state index in [4.69, 9.17) is 11.5 Å². The third-order valence-electron chi connectivity index (χ3n) is 2.37. The second-order valence-corrected chi connectivity index (χ2v) is 3.51. The Morgan fingerprint density at radius 3 is 2.47 bits per heavy atom. The van der Waals surface area contributed by atoms with E-state index in [-0.39, 0.29) is 20.1 Å². The molecular formula is C13H14IrN3-. The third kappa shape index (κ3) is 3.45. The van der Waals surface area contributed by atoms with Crippen LogP contribution in [-0.4, -0.2) is 4.98 Å². The molecule has 4 N–H and O–H groups in total. The topological polar surface area (TPSA) is 64.9 Å². The average molecular weight is 404 g/mol. The van der Waals surface area contributed by atoms with Crippen molar-refractivity contribution in [2.24, 2.45) is 11.5 Å². The first-order valence-electron chi connectivity index (χ1n) is 5.21. The van der Waals surface area contributed by atoms with Crippen molar-refractivity contribution in [3.05, 3.63) is 53.7 Å². The summed E-state index contributed by atoms with van der Waals surface area (Å²) in [5.41, 5.74) is 14.8. The molecule has 0 amide bonds. The van der Waals surface area contributed by atoms with Gasteiger partial charge in [0.15, 0.2) is 0 Å². The van der Waals surface area contributed by atoms with Gasteiger partial charge in [0, 0.05) is 38.9 Å². The number of rotatable bonds is 3. The smallest absolute Gasteiger partial charge is 0.0433 e. The number of aromatic nitrogens is 1. The van der Waals surface area contributed by atoms with Gasteiger partial charge in [-0.1, -0.05) is 12.1 Å². The summed E-state index contributed by atoms with van der Waals surface area (Å²) in [6.07, 6.45) is 0. The van der Waals surface area contributed by atoms with Crippen LogP contribution in [0.2, 0.25) is 0 Å². The summed E-state index contributed by atoms with van der Waals surface area (Å²) in [4.78, 5) is 4.44. The predicted molar refractivity (Wildman–Crippen MR) is 64.3 cm³/mol. The van der Waals surface area contributed by atoms with Crippen molar-refractivity contribution in [2.75, 3.05) is 0 Å². The van der Waals surface area contributed by atoms with Crippen molar-refractivity contribution < 1.29 is 20.1 Å². The summed E-state index contributed by atoms with van der Waals surface area (Å²) in [7, 11) is 0. The van der Waals surface area contributed by atoms with Gasteiger partial charge in [-0.3, -0.25) is 4.98 Å². The molecule has 91 valence electrons. The summed E-state index contributed by atoms with van der Waals surface area (Å²) < 4.78 is 0. The summed E-state index contributed by atoms with van der Waals surface area (Å²) in [5, 5.41) is 0. The summed E-state index contributed by atoms with van der Waals surface area (Å²) in [6, 6.07) is 14.9. The molecule has 3 nitrogen and oxygen atoms in total. The van der Waals surface area contributed by atoms with E-state index in [1.807, 2.05) is 36.4 Å². The molecule has 1 radical (unpaired) electrons. The van der Waals surface area contributed by atoms with Crippen molar-refractivity contribution in [3.63, 3.8) is 0 Å². The average Bonchev–Trinajstić information content (AvgIpc) is 2.39. The third-order valence-corrected chi connectivity index (χ3v) is 2.37. The van der Waals surface area contributed by atoms with Crippen LogP contribution in [0.4, 0.5) is 0 Å². The van der Waals surface area contributed by atoms with E-state index in [2.05, 4.69) is 11.1 Å². The van der Waals surface area contributed by atoms with E-state index in [1.165, 1.54) is 0 Å². The Morgan fingerprint density at radius 2 is 1.76 bits per heavy atom. The molecule has 0 saturated heterocycles. The fraction of sp³-hybridized carbons (Fsp3) is 0.154. The first-order valence-corrected chi connectivity index (χ1v) is 5.21. The molecule has 1 aromatic heterocycles. The zero-order valence-corrected chi connectivity index (χ0v) is 11.7. The number of nitrogens with zero attached hydrogens (tertiary/aromatic N) is 1. The molecule has 1 aromatic carbocycles. The van der Waals surface area contributed by atoms with Gasteiger partial charge in [0.25, 0.3) is 0 Å². The Balaban J connectivity index is 0.00000144. The Bertz CT molecular complexity index is 440. The Kier molecular flexibility index (Phi) is 5.45. The SMILES string of the molecule is NCc1[c-]c(-c2cccc(CN)n2)ccc1.[Ir]. The summed E-state index contributed by atoms with van der Waals surface area (Å²) >= 11 is 0. The molecule has 0 atom stereocenters. The van der Waals surface area contributed by atoms with Crippen molar-refractivity contribution in [1.29, 1.82) is 0 Å². The molecular weight excluding hydrogens is 390 g/mol. The molecule has 0 aliphatic carbocycles. The van der Waals surface area contributed by atoms with E-state index >= 15 is 0 Å². The minimum atomic E-state index is 0. The van der Waals surface area contributed by atoms with Crippen LogP contribution in [0.5, 0.6) is 0 Å². The fourth-order valence-corrected chi connectivity index (χ4v) is 1.53. The van der Waals surface area contributed by atoms with Gasteiger partial charge < -0.3 is 11.5 Å². The Morgan fingerprint density at radius 1 is 1.00 bits per heavy atom. The number of nitrogens with two attached hydrogens (primary N) is 2. The molecule has 0 bridgehead atoms. The molecule has 2 rings (SSSR count). The standard InChI is InChI=1S/C13H14N3.Ir/c14-8-10-3-1-4-11(7-10)13-6-2-5-12(9-15)16-13;/h1-6H,8-9,14-15H2;/q-1;. The van der Waals surface area contributed by atoms with Gasteiger partial charge in [-0.25, -0.2) is 0 Å². The maximum Gasteiger partial charge on any atom is 0.0433 e. The van der Waals surface area contributed by atoms with E-state index < -0.39 is 0 Å². The van der Waals surface area contributed by atoms with Crippen LogP contribution in [0.1, 0.15) is 11.3 Å². The summed E-state index contributed by atoms with van der Waals surface area (Å²) in [5.74, 6) is 0. The number of hydrogen-bond acceptors (Lipinski definition) is 3. The Hall–Kier alpha value is -1.06. The van der Waals surface area contributed by atoms with Gasteiger partial charge in [-0.15, -0.1) is 35.4 Å². The molecule has 0 unspecified atom stereocenters. The van der Waals surface area contributed by atoms with Crippen molar-refractivity contribution >= 4 is 0 Å². The second-order valence-electron chi connectivity index (χ2n) is 3.51. The molecule has 0 spiro atoms. The molecule has 0 aliphatic heterocycles. The van der Waals surface area contributed by atoms with Crippen molar-refractivity contribution in [2.45, 2.75) is 13.1 Å². The van der Waals surface area contributed by atoms with Crippen LogP contribution < -0.4 is 11.5 Å². The second kappa shape index (κ2) is 6.62. The van der Waals surface area contributed by atoms with E-state index in [0.29, 0.717) is 13.1 Å². The van der Waals surface area contributed by atoms with Crippen LogP contribution in [0.3, 0.4) is 0 Å². The van der Waals surface area contributed by atoms with Crippen molar-refractivity contribution in [3.8, 4) is 11.3 Å². The maximum atomic E-state index is 5.58. The van der Waals surface area contributed by atoms with Crippen LogP contribution in [0.25, 0.3) is 11.3 Å². The number of benzene rings is 1. The van der Waals surface area contributed by atoms with Gasteiger partial charge >= 0.3 is 0 Å². The normalized spacial score (nSPS) is 9.76. The van der Waals surface area contributed by atoms with Gasteiger partial charge in [0.2, 0.25) is 0 Å². The van der Waals surface area contributed by atoms with Crippen LogP contribution >= 0.6 is 0 Å². The Labute approximate surface area is 115 Å². The number of hydrogen-bond donors (Lipinski definition) is 2. The predicted octanol–water partition coefficient (Wildman–Crippen LogP) is 1.46. The maximum absolute atomic E-state index is 5.58. The van der Waals surface area contributed by atoms with Crippen LogP contribution in [-0.2, 0) is 33.2 Å². The monoisotopic (exact) mass is 405 g/mol. The first-order chi connectivity index (χ1) is 7.83. The van der Waals surface area contributed by atoms with Gasteiger partial charge in [0.05, 0.1) is 0 Å².